The van der Waals surface area contributed by atoms with E-state index < -0.39 is 16.7 Å². The Morgan fingerprint density at radius 2 is 1.82 bits per heavy atom. The first kappa shape index (κ1) is 20.6. The Kier molecular flexibility index (Phi) is 7.64. The van der Waals surface area contributed by atoms with Crippen LogP contribution < -0.4 is 15.5 Å². The lowest BCUT2D eigenvalue weighted by atomic mass is 10.2. The number of nitrogens with one attached hydrogen (secondary N) is 2. The van der Waals surface area contributed by atoms with Crippen molar-refractivity contribution in [2.75, 3.05) is 13.2 Å². The summed E-state index contributed by atoms with van der Waals surface area (Å²) in [6.45, 7) is 2.36. The fraction of sp³-hybridized carbons (Fsp3) is 0.211. The molecule has 9 nitrogen and oxygen atoms in total. The van der Waals surface area contributed by atoms with Gasteiger partial charge in [0, 0.05) is 17.7 Å². The van der Waals surface area contributed by atoms with Gasteiger partial charge in [-0.25, -0.2) is 5.43 Å². The number of non-ortho nitro benzene ring substituents is 1. The molecule has 0 heterocycles. The Morgan fingerprint density at radius 1 is 1.14 bits per heavy atom. The molecule has 0 spiro atoms. The van der Waals surface area contributed by atoms with Gasteiger partial charge in [-0.05, 0) is 48.4 Å². The number of benzene rings is 2. The SMILES string of the molecule is CCCOc1ccc(C(=O)NCC(=O)N/N=C/c2ccc([N+](=O)[O-])cc2)cc1. The molecule has 0 aliphatic rings. The summed E-state index contributed by atoms with van der Waals surface area (Å²) in [5.74, 6) is -0.220. The van der Waals surface area contributed by atoms with Gasteiger partial charge < -0.3 is 10.1 Å². The van der Waals surface area contributed by atoms with Crippen LogP contribution in [0.2, 0.25) is 0 Å². The molecule has 2 aromatic rings. The largest absolute Gasteiger partial charge is 0.494 e. The van der Waals surface area contributed by atoms with E-state index in [4.69, 9.17) is 4.74 Å². The van der Waals surface area contributed by atoms with E-state index in [1.807, 2.05) is 6.92 Å². The van der Waals surface area contributed by atoms with E-state index >= 15 is 0 Å². The Morgan fingerprint density at radius 3 is 2.43 bits per heavy atom. The second kappa shape index (κ2) is 10.4. The highest BCUT2D eigenvalue weighted by Crippen LogP contribution is 2.12. The summed E-state index contributed by atoms with van der Waals surface area (Å²) >= 11 is 0. The monoisotopic (exact) mass is 384 g/mol. The van der Waals surface area contributed by atoms with Crippen molar-refractivity contribution >= 4 is 23.7 Å². The molecule has 2 rings (SSSR count). The van der Waals surface area contributed by atoms with Gasteiger partial charge in [0.2, 0.25) is 0 Å². The zero-order chi connectivity index (χ0) is 20.4. The molecule has 0 aliphatic carbocycles. The van der Waals surface area contributed by atoms with Crippen LogP contribution in [0, 0.1) is 10.1 Å². The van der Waals surface area contributed by atoms with E-state index in [0.29, 0.717) is 23.5 Å². The van der Waals surface area contributed by atoms with Crippen LogP contribution in [-0.2, 0) is 4.79 Å². The fourth-order valence-corrected chi connectivity index (χ4v) is 2.09. The molecule has 0 saturated carbocycles. The molecule has 0 radical (unpaired) electrons. The average molecular weight is 384 g/mol. The zero-order valence-corrected chi connectivity index (χ0v) is 15.3. The van der Waals surface area contributed by atoms with Gasteiger partial charge in [0.15, 0.2) is 0 Å². The molecule has 9 heteroatoms. The molecule has 0 bridgehead atoms. The predicted octanol–water partition coefficient (Wildman–Crippen LogP) is 2.26. The van der Waals surface area contributed by atoms with E-state index in [2.05, 4.69) is 15.8 Å². The van der Waals surface area contributed by atoms with E-state index in [0.717, 1.165) is 6.42 Å². The zero-order valence-electron chi connectivity index (χ0n) is 15.3. The summed E-state index contributed by atoms with van der Waals surface area (Å²) in [5.41, 5.74) is 3.23. The van der Waals surface area contributed by atoms with Crippen LogP contribution in [0.4, 0.5) is 5.69 Å². The second-order valence-corrected chi connectivity index (χ2v) is 5.70. The third-order valence-corrected chi connectivity index (χ3v) is 3.51. The van der Waals surface area contributed by atoms with Gasteiger partial charge in [-0.2, -0.15) is 5.10 Å². The first-order valence-corrected chi connectivity index (χ1v) is 8.57. The lowest BCUT2D eigenvalue weighted by molar-refractivity contribution is -0.384. The van der Waals surface area contributed by atoms with Crippen LogP contribution in [0.25, 0.3) is 0 Å². The summed E-state index contributed by atoms with van der Waals surface area (Å²) in [5, 5.41) is 16.8. The Bertz CT molecular complexity index is 848. The average Bonchev–Trinajstić information content (AvgIpc) is 2.71. The molecule has 0 unspecified atom stereocenters. The first-order valence-electron chi connectivity index (χ1n) is 8.57. The van der Waals surface area contributed by atoms with Crippen molar-refractivity contribution in [2.45, 2.75) is 13.3 Å². The summed E-state index contributed by atoms with van der Waals surface area (Å²) in [6.07, 6.45) is 2.24. The number of nitrogens with zero attached hydrogens (tertiary/aromatic N) is 2. The van der Waals surface area contributed by atoms with Crippen molar-refractivity contribution in [2.24, 2.45) is 5.10 Å². The number of hydrazone groups is 1. The van der Waals surface area contributed by atoms with E-state index in [1.54, 1.807) is 24.3 Å². The summed E-state index contributed by atoms with van der Waals surface area (Å²) in [6, 6.07) is 12.3. The molecule has 0 atom stereocenters. The van der Waals surface area contributed by atoms with E-state index in [9.17, 15) is 19.7 Å². The van der Waals surface area contributed by atoms with Gasteiger partial charge >= 0.3 is 0 Å². The molecule has 0 saturated heterocycles. The van der Waals surface area contributed by atoms with Crippen molar-refractivity contribution in [3.8, 4) is 5.75 Å². The Labute approximate surface area is 161 Å². The standard InChI is InChI=1S/C19H20N4O5/c1-2-11-28-17-9-5-15(6-10-17)19(25)20-13-18(24)22-21-12-14-3-7-16(8-4-14)23(26)27/h3-10,12H,2,11,13H2,1H3,(H,20,25)(H,22,24)/b21-12+. The molecular weight excluding hydrogens is 364 g/mol. The molecule has 2 aromatic carbocycles. The molecule has 146 valence electrons. The number of carbonyl (C=O) groups excluding carboxylic acids is 2. The number of hydrogen-bond acceptors (Lipinski definition) is 6. The smallest absolute Gasteiger partial charge is 0.269 e. The molecule has 0 aromatic heterocycles. The third kappa shape index (κ3) is 6.52. The van der Waals surface area contributed by atoms with Crippen LogP contribution in [0.5, 0.6) is 5.75 Å². The number of rotatable bonds is 9. The van der Waals surface area contributed by atoms with Gasteiger partial charge in [0.25, 0.3) is 17.5 Å². The first-order chi connectivity index (χ1) is 13.5. The number of amides is 2. The number of ether oxygens (including phenoxy) is 1. The maximum Gasteiger partial charge on any atom is 0.269 e. The number of nitro benzene ring substituents is 1. The topological polar surface area (TPSA) is 123 Å². The minimum absolute atomic E-state index is 0.0335. The van der Waals surface area contributed by atoms with Gasteiger partial charge in [-0.15, -0.1) is 0 Å². The Balaban J connectivity index is 1.76. The number of carbonyl (C=O) groups is 2. The van der Waals surface area contributed by atoms with Crippen molar-refractivity contribution in [1.29, 1.82) is 0 Å². The minimum atomic E-state index is -0.505. The molecule has 2 amide bonds. The normalized spacial score (nSPS) is 10.5. The minimum Gasteiger partial charge on any atom is -0.494 e. The van der Waals surface area contributed by atoms with Gasteiger partial charge in [-0.3, -0.25) is 19.7 Å². The van der Waals surface area contributed by atoms with Gasteiger partial charge in [0.05, 0.1) is 24.3 Å². The highest BCUT2D eigenvalue weighted by Gasteiger charge is 2.08. The van der Waals surface area contributed by atoms with Crippen molar-refractivity contribution in [1.82, 2.24) is 10.7 Å². The number of nitro groups is 1. The summed E-state index contributed by atoms with van der Waals surface area (Å²) in [4.78, 5) is 33.8. The lowest BCUT2D eigenvalue weighted by Gasteiger charge is -2.06. The fourth-order valence-electron chi connectivity index (χ4n) is 2.09. The van der Waals surface area contributed by atoms with Crippen LogP contribution in [-0.4, -0.2) is 36.1 Å². The highest BCUT2D eigenvalue weighted by molar-refractivity contribution is 5.96. The molecule has 2 N–H and O–H groups in total. The summed E-state index contributed by atoms with van der Waals surface area (Å²) in [7, 11) is 0. The predicted molar refractivity (Wildman–Crippen MR) is 103 cm³/mol. The van der Waals surface area contributed by atoms with Gasteiger partial charge in [-0.1, -0.05) is 6.92 Å². The van der Waals surface area contributed by atoms with Crippen LogP contribution in [0.3, 0.4) is 0 Å². The lowest BCUT2D eigenvalue weighted by Crippen LogP contribution is -2.34. The molecule has 0 fully saturated rings. The van der Waals surface area contributed by atoms with Crippen LogP contribution in [0.1, 0.15) is 29.3 Å². The van der Waals surface area contributed by atoms with Crippen molar-refractivity contribution < 1.29 is 19.2 Å². The van der Waals surface area contributed by atoms with E-state index in [-0.39, 0.29) is 12.2 Å². The maximum atomic E-state index is 12.0. The molecular formula is C19H20N4O5. The number of hydrogen-bond donors (Lipinski definition) is 2. The van der Waals surface area contributed by atoms with Gasteiger partial charge in [0.1, 0.15) is 5.75 Å². The van der Waals surface area contributed by atoms with Crippen LogP contribution >= 0.6 is 0 Å². The third-order valence-electron chi connectivity index (χ3n) is 3.51. The second-order valence-electron chi connectivity index (χ2n) is 5.70. The molecule has 0 aliphatic heterocycles. The van der Waals surface area contributed by atoms with Crippen molar-refractivity contribution in [3.63, 3.8) is 0 Å². The maximum absolute atomic E-state index is 12.0. The quantitative estimate of drug-likeness (QED) is 0.390. The van der Waals surface area contributed by atoms with Crippen molar-refractivity contribution in [3.05, 3.63) is 69.8 Å². The summed E-state index contributed by atoms with van der Waals surface area (Å²) < 4.78 is 5.44. The highest BCUT2D eigenvalue weighted by atomic mass is 16.6. The van der Waals surface area contributed by atoms with Crippen LogP contribution in [0.15, 0.2) is 53.6 Å². The molecule has 28 heavy (non-hydrogen) atoms. The Hall–Kier alpha value is -3.75. The van der Waals surface area contributed by atoms with E-state index in [1.165, 1.54) is 30.5 Å².